The zero-order valence-corrected chi connectivity index (χ0v) is 17.8. The molecule has 0 radical (unpaired) electrons. The molecule has 1 spiro atoms. The lowest BCUT2D eigenvalue weighted by molar-refractivity contribution is -0.293. The van der Waals surface area contributed by atoms with Crippen molar-refractivity contribution >= 4 is 0 Å². The fraction of sp³-hybridized carbons (Fsp3) is 0.833. The quantitative estimate of drug-likeness (QED) is 0.722. The number of allylic oxidation sites excluding steroid dienone is 3. The number of rotatable bonds is 1. The molecule has 160 valence electrons. The number of hydrogen-bond acceptors (Lipinski definition) is 5. The highest BCUT2D eigenvalue weighted by Gasteiger charge is 2.68. The molecule has 3 fully saturated rings. The van der Waals surface area contributed by atoms with E-state index in [1.54, 1.807) is 16.7 Å². The molecule has 1 N–H and O–H groups in total. The molecule has 5 nitrogen and oxygen atoms in total. The maximum absolute atomic E-state index is 11.9. The van der Waals surface area contributed by atoms with Gasteiger partial charge in [-0.05, 0) is 68.4 Å². The lowest BCUT2D eigenvalue weighted by atomic mass is 9.55. The van der Waals surface area contributed by atoms with E-state index in [0.717, 1.165) is 58.2 Å². The van der Waals surface area contributed by atoms with Crippen molar-refractivity contribution in [1.29, 1.82) is 0 Å². The Labute approximate surface area is 173 Å². The van der Waals surface area contributed by atoms with E-state index in [1.165, 1.54) is 6.42 Å². The van der Waals surface area contributed by atoms with Gasteiger partial charge in [-0.15, -0.1) is 0 Å². The van der Waals surface area contributed by atoms with Gasteiger partial charge in [0.25, 0.3) is 0 Å². The van der Waals surface area contributed by atoms with E-state index in [2.05, 4.69) is 13.0 Å². The van der Waals surface area contributed by atoms with Gasteiger partial charge >= 0.3 is 0 Å². The van der Waals surface area contributed by atoms with Gasteiger partial charge in [0.1, 0.15) is 5.60 Å². The molecule has 5 heteroatoms. The van der Waals surface area contributed by atoms with Gasteiger partial charge in [0.2, 0.25) is 0 Å². The van der Waals surface area contributed by atoms with Gasteiger partial charge in [-0.1, -0.05) is 18.6 Å². The summed E-state index contributed by atoms with van der Waals surface area (Å²) in [5.74, 6) is -0.184. The maximum Gasteiger partial charge on any atom is 0.195 e. The van der Waals surface area contributed by atoms with Gasteiger partial charge in [0.05, 0.1) is 26.4 Å². The molecular weight excluding hydrogens is 368 g/mol. The normalized spacial score (nSPS) is 45.1. The second kappa shape index (κ2) is 6.17. The topological polar surface area (TPSA) is 57.2 Å². The van der Waals surface area contributed by atoms with Crippen molar-refractivity contribution < 1.29 is 24.1 Å². The van der Waals surface area contributed by atoms with Crippen LogP contribution >= 0.6 is 0 Å². The fourth-order valence-electron chi connectivity index (χ4n) is 7.81. The third-order valence-electron chi connectivity index (χ3n) is 9.39. The van der Waals surface area contributed by atoms with E-state index in [4.69, 9.17) is 18.9 Å². The molecule has 4 atom stereocenters. The molecule has 0 bridgehead atoms. The highest BCUT2D eigenvalue weighted by Crippen LogP contribution is 2.66. The lowest BCUT2D eigenvalue weighted by Crippen LogP contribution is -2.62. The maximum atomic E-state index is 11.9. The second-order valence-corrected chi connectivity index (χ2v) is 10.4. The van der Waals surface area contributed by atoms with Crippen LogP contribution in [0.1, 0.15) is 65.2 Å². The Morgan fingerprint density at radius 2 is 1.66 bits per heavy atom. The molecule has 6 aliphatic rings. The average molecular weight is 403 g/mol. The highest BCUT2D eigenvalue weighted by molar-refractivity contribution is 5.45. The lowest BCUT2D eigenvalue weighted by Gasteiger charge is -2.54. The van der Waals surface area contributed by atoms with Crippen LogP contribution in [0.5, 0.6) is 0 Å². The minimum atomic E-state index is -0.931. The molecular formula is C24H34O5. The fourth-order valence-corrected chi connectivity index (χ4v) is 7.81. The van der Waals surface area contributed by atoms with Crippen LogP contribution in [-0.4, -0.2) is 48.7 Å². The summed E-state index contributed by atoms with van der Waals surface area (Å²) in [5.41, 5.74) is 3.59. The number of hydrogen-bond donors (Lipinski definition) is 1. The highest BCUT2D eigenvalue weighted by atomic mass is 16.8. The minimum Gasteiger partial charge on any atom is -0.384 e. The van der Waals surface area contributed by atoms with E-state index in [1.807, 2.05) is 6.92 Å². The first-order valence-corrected chi connectivity index (χ1v) is 11.6. The predicted octanol–water partition coefficient (Wildman–Crippen LogP) is 3.86. The van der Waals surface area contributed by atoms with Crippen LogP contribution in [0.15, 0.2) is 22.8 Å². The Balaban J connectivity index is 1.33. The van der Waals surface area contributed by atoms with Crippen LogP contribution in [0.25, 0.3) is 0 Å². The van der Waals surface area contributed by atoms with Crippen molar-refractivity contribution in [3.8, 4) is 0 Å². The molecule has 6 rings (SSSR count). The van der Waals surface area contributed by atoms with Crippen LogP contribution in [-0.2, 0) is 18.9 Å². The standard InChI is InChI=1S/C24H34O5/c1-21-8-5-18-17-6-9-23(28-13-14-29-23)15-16(17)3-4-19(18)20(21)7-10-24(21,25)22(2)26-11-12-27-22/h5,19-20,25H,3-4,6-15H2,1-2H3/t19-,20+,21+,24-/m1/s1. The third-order valence-corrected chi connectivity index (χ3v) is 9.39. The Bertz CT molecular complexity index is 772. The van der Waals surface area contributed by atoms with Gasteiger partial charge in [-0.3, -0.25) is 0 Å². The summed E-state index contributed by atoms with van der Waals surface area (Å²) in [6, 6.07) is 0. The SMILES string of the molecule is CC1([C@@]2(O)CC[C@H]3[C@@H]4CCC5=C(CCC6(C5)OCCO6)C4=CC[C@@]32C)OCCO1. The summed E-state index contributed by atoms with van der Waals surface area (Å²) in [7, 11) is 0. The molecule has 2 heterocycles. The summed E-state index contributed by atoms with van der Waals surface area (Å²) in [5, 5.41) is 11.9. The van der Waals surface area contributed by atoms with Crippen molar-refractivity contribution in [1.82, 2.24) is 0 Å². The van der Waals surface area contributed by atoms with Gasteiger partial charge in [0.15, 0.2) is 11.6 Å². The van der Waals surface area contributed by atoms with Crippen molar-refractivity contribution in [2.24, 2.45) is 17.3 Å². The van der Waals surface area contributed by atoms with E-state index >= 15 is 0 Å². The molecule has 0 aromatic heterocycles. The molecule has 0 amide bonds. The van der Waals surface area contributed by atoms with E-state index in [9.17, 15) is 5.11 Å². The zero-order valence-electron chi connectivity index (χ0n) is 17.8. The van der Waals surface area contributed by atoms with Crippen molar-refractivity contribution in [2.75, 3.05) is 26.4 Å². The van der Waals surface area contributed by atoms with Crippen LogP contribution < -0.4 is 0 Å². The van der Waals surface area contributed by atoms with Crippen LogP contribution in [0.3, 0.4) is 0 Å². The number of ether oxygens (including phenoxy) is 4. The largest absolute Gasteiger partial charge is 0.384 e. The summed E-state index contributed by atoms with van der Waals surface area (Å²) < 4.78 is 24.0. The first kappa shape index (κ1) is 19.0. The van der Waals surface area contributed by atoms with Gasteiger partial charge in [-0.25, -0.2) is 0 Å². The van der Waals surface area contributed by atoms with Crippen molar-refractivity contribution in [2.45, 2.75) is 82.4 Å². The Morgan fingerprint density at radius 1 is 0.931 bits per heavy atom. The first-order valence-electron chi connectivity index (χ1n) is 11.6. The number of aliphatic hydroxyl groups is 1. The molecule has 0 aromatic carbocycles. The Hall–Kier alpha value is -0.720. The molecule has 1 saturated carbocycles. The monoisotopic (exact) mass is 402 g/mol. The van der Waals surface area contributed by atoms with Gasteiger partial charge < -0.3 is 24.1 Å². The summed E-state index contributed by atoms with van der Waals surface area (Å²) >= 11 is 0. The van der Waals surface area contributed by atoms with E-state index in [-0.39, 0.29) is 11.2 Å². The zero-order chi connectivity index (χ0) is 19.9. The van der Waals surface area contributed by atoms with Crippen molar-refractivity contribution in [3.05, 3.63) is 22.8 Å². The third kappa shape index (κ3) is 2.40. The van der Waals surface area contributed by atoms with Crippen LogP contribution in [0, 0.1) is 17.3 Å². The summed E-state index contributed by atoms with van der Waals surface area (Å²) in [6.45, 7) is 6.86. The average Bonchev–Trinajstić information content (AvgIpc) is 3.42. The van der Waals surface area contributed by atoms with Crippen LogP contribution in [0.4, 0.5) is 0 Å². The molecule has 4 aliphatic carbocycles. The Kier molecular flexibility index (Phi) is 4.04. The molecule has 2 saturated heterocycles. The molecule has 0 aromatic rings. The molecule has 0 unspecified atom stereocenters. The van der Waals surface area contributed by atoms with E-state index < -0.39 is 11.4 Å². The van der Waals surface area contributed by atoms with Crippen LogP contribution in [0.2, 0.25) is 0 Å². The summed E-state index contributed by atoms with van der Waals surface area (Å²) in [4.78, 5) is 0. The van der Waals surface area contributed by atoms with Gasteiger partial charge in [-0.2, -0.15) is 0 Å². The van der Waals surface area contributed by atoms with Crippen molar-refractivity contribution in [3.63, 3.8) is 0 Å². The minimum absolute atomic E-state index is 0.202. The Morgan fingerprint density at radius 3 is 2.41 bits per heavy atom. The molecule has 29 heavy (non-hydrogen) atoms. The van der Waals surface area contributed by atoms with Gasteiger partial charge in [0, 0.05) is 18.3 Å². The molecule has 2 aliphatic heterocycles. The summed E-state index contributed by atoms with van der Waals surface area (Å²) in [6.07, 6.45) is 10.5. The second-order valence-electron chi connectivity index (χ2n) is 10.4. The predicted molar refractivity (Wildman–Crippen MR) is 107 cm³/mol. The number of fused-ring (bicyclic) bond motifs is 4. The smallest absolute Gasteiger partial charge is 0.195 e. The van der Waals surface area contributed by atoms with E-state index in [0.29, 0.717) is 25.0 Å². The first-order chi connectivity index (χ1) is 13.9.